The smallest absolute Gasteiger partial charge is 0.242 e. The molecule has 20 heavy (non-hydrogen) atoms. The van der Waals surface area contributed by atoms with Crippen molar-refractivity contribution in [2.75, 3.05) is 24.7 Å². The van der Waals surface area contributed by atoms with Crippen LogP contribution < -0.4 is 4.72 Å². The van der Waals surface area contributed by atoms with Crippen LogP contribution in [0.2, 0.25) is 0 Å². The van der Waals surface area contributed by atoms with Crippen LogP contribution in [0.1, 0.15) is 12.5 Å². The topological polar surface area (TPSA) is 96.4 Å². The molecule has 0 aliphatic carbocycles. The van der Waals surface area contributed by atoms with E-state index < -0.39 is 20.8 Å². The summed E-state index contributed by atoms with van der Waals surface area (Å²) in [5.41, 5.74) is 0.402. The van der Waals surface area contributed by atoms with Gasteiger partial charge in [0.25, 0.3) is 0 Å². The van der Waals surface area contributed by atoms with Crippen LogP contribution in [0.3, 0.4) is 0 Å². The highest BCUT2D eigenvalue weighted by Gasteiger charge is 2.14. The molecule has 1 unspecified atom stereocenters. The van der Waals surface area contributed by atoms with Gasteiger partial charge in [0.15, 0.2) is 0 Å². The first-order chi connectivity index (χ1) is 9.49. The van der Waals surface area contributed by atoms with E-state index in [1.807, 2.05) is 0 Å². The molecule has 0 fully saturated rings. The molecule has 0 aliphatic rings. The zero-order chi connectivity index (χ0) is 15.0. The van der Waals surface area contributed by atoms with E-state index in [2.05, 4.69) is 21.5 Å². The van der Waals surface area contributed by atoms with Crippen LogP contribution in [0.25, 0.3) is 0 Å². The van der Waals surface area contributed by atoms with Gasteiger partial charge < -0.3 is 5.11 Å². The minimum absolute atomic E-state index is 0.00970. The number of aliphatic hydroxyl groups is 1. The lowest BCUT2D eigenvalue weighted by Gasteiger charge is -2.06. The molecule has 0 aliphatic heterocycles. The highest BCUT2D eigenvalue weighted by atomic mass is 32.2. The third-order valence-corrected chi connectivity index (χ3v) is 5.01. The number of hydrogen-bond donors (Lipinski definition) is 2. The quantitative estimate of drug-likeness (QED) is 0.688. The number of rotatable bonds is 6. The van der Waals surface area contributed by atoms with Crippen molar-refractivity contribution in [2.45, 2.75) is 11.8 Å². The molecule has 1 heterocycles. The molecule has 1 rings (SSSR count). The van der Waals surface area contributed by atoms with Gasteiger partial charge in [-0.25, -0.2) is 13.1 Å². The van der Waals surface area contributed by atoms with Crippen molar-refractivity contribution in [1.82, 2.24) is 9.71 Å². The summed E-state index contributed by atoms with van der Waals surface area (Å²) >= 11 is 0. The van der Waals surface area contributed by atoms with Gasteiger partial charge in [0.1, 0.15) is 11.5 Å². The summed E-state index contributed by atoms with van der Waals surface area (Å²) in [6.07, 6.45) is 2.62. The number of nitrogens with zero attached hydrogens (tertiary/aromatic N) is 1. The van der Waals surface area contributed by atoms with Gasteiger partial charge in [-0.05, 0) is 6.07 Å². The van der Waals surface area contributed by atoms with E-state index in [1.165, 1.54) is 18.5 Å². The molecule has 0 aromatic carbocycles. The van der Waals surface area contributed by atoms with Gasteiger partial charge in [-0.15, -0.1) is 0 Å². The Morgan fingerprint density at radius 2 is 2.20 bits per heavy atom. The molecular formula is C12H16N2O4S2. The van der Waals surface area contributed by atoms with Gasteiger partial charge >= 0.3 is 0 Å². The first-order valence-corrected chi connectivity index (χ1v) is 8.86. The highest BCUT2D eigenvalue weighted by Crippen LogP contribution is 2.08. The summed E-state index contributed by atoms with van der Waals surface area (Å²) < 4.78 is 37.6. The van der Waals surface area contributed by atoms with Gasteiger partial charge in [-0.1, -0.05) is 18.8 Å². The van der Waals surface area contributed by atoms with E-state index in [-0.39, 0.29) is 23.8 Å². The summed E-state index contributed by atoms with van der Waals surface area (Å²) in [7, 11) is -4.71. The largest absolute Gasteiger partial charge is 0.384 e. The van der Waals surface area contributed by atoms with Crippen molar-refractivity contribution in [2.24, 2.45) is 0 Å². The third-order valence-electron chi connectivity index (χ3n) is 2.28. The molecule has 0 spiro atoms. The Kier molecular flexibility index (Phi) is 6.81. The first kappa shape index (κ1) is 16.8. The molecule has 0 bridgehead atoms. The van der Waals surface area contributed by atoms with Gasteiger partial charge in [-0.2, -0.15) is 0 Å². The minimum Gasteiger partial charge on any atom is -0.384 e. The van der Waals surface area contributed by atoms with Crippen molar-refractivity contribution < 1.29 is 17.7 Å². The predicted molar refractivity (Wildman–Crippen MR) is 76.9 cm³/mol. The molecule has 1 aromatic rings. The molecular weight excluding hydrogens is 300 g/mol. The first-order valence-electron chi connectivity index (χ1n) is 5.89. The second kappa shape index (κ2) is 8.11. The van der Waals surface area contributed by atoms with E-state index in [4.69, 9.17) is 5.11 Å². The van der Waals surface area contributed by atoms with Crippen LogP contribution in [-0.4, -0.2) is 47.4 Å². The molecule has 6 nitrogen and oxygen atoms in total. The second-order valence-electron chi connectivity index (χ2n) is 3.70. The van der Waals surface area contributed by atoms with Gasteiger partial charge in [0.05, 0.1) is 0 Å². The summed E-state index contributed by atoms with van der Waals surface area (Å²) in [6.45, 7) is 1.57. The molecule has 1 atom stereocenters. The van der Waals surface area contributed by atoms with Gasteiger partial charge in [0.2, 0.25) is 10.0 Å². The van der Waals surface area contributed by atoms with Crippen molar-refractivity contribution in [3.63, 3.8) is 0 Å². The van der Waals surface area contributed by atoms with Crippen LogP contribution >= 0.6 is 0 Å². The lowest BCUT2D eigenvalue weighted by molar-refractivity contribution is 0.350. The summed E-state index contributed by atoms with van der Waals surface area (Å²) in [6, 6.07) is 1.37. The number of aliphatic hydroxyl groups excluding tert-OH is 1. The lowest BCUT2D eigenvalue weighted by Crippen LogP contribution is -2.28. The Balaban J connectivity index is 2.79. The van der Waals surface area contributed by atoms with E-state index in [9.17, 15) is 12.6 Å². The zero-order valence-electron chi connectivity index (χ0n) is 11.0. The number of sulfonamides is 1. The predicted octanol–water partition coefficient (Wildman–Crippen LogP) is -0.528. The Hall–Kier alpha value is -1.27. The monoisotopic (exact) mass is 316 g/mol. The zero-order valence-corrected chi connectivity index (χ0v) is 12.6. The third kappa shape index (κ3) is 5.38. The van der Waals surface area contributed by atoms with Crippen LogP contribution in [0, 0.1) is 11.8 Å². The Morgan fingerprint density at radius 3 is 2.85 bits per heavy atom. The fraction of sp³-hybridized carbons (Fsp3) is 0.417. The van der Waals surface area contributed by atoms with E-state index in [1.54, 1.807) is 6.92 Å². The fourth-order valence-electron chi connectivity index (χ4n) is 1.29. The number of aromatic nitrogens is 1. The Bertz CT molecular complexity index is 632. The Morgan fingerprint density at radius 1 is 1.45 bits per heavy atom. The molecule has 0 radical (unpaired) electrons. The minimum atomic E-state index is -3.69. The van der Waals surface area contributed by atoms with Crippen molar-refractivity contribution in [3.05, 3.63) is 24.0 Å². The Labute approximate surface area is 121 Å². The maximum Gasteiger partial charge on any atom is 0.242 e. The maximum atomic E-state index is 12.0. The molecule has 110 valence electrons. The second-order valence-corrected chi connectivity index (χ2v) is 7.33. The number of nitrogens with one attached hydrogen (secondary N) is 1. The van der Waals surface area contributed by atoms with Crippen LogP contribution in [0.4, 0.5) is 0 Å². The molecule has 1 aromatic heterocycles. The normalized spacial score (nSPS) is 12.5. The van der Waals surface area contributed by atoms with Gasteiger partial charge in [0, 0.05) is 46.8 Å². The van der Waals surface area contributed by atoms with Gasteiger partial charge in [-0.3, -0.25) is 9.19 Å². The summed E-state index contributed by atoms with van der Waals surface area (Å²) in [5, 5.41) is 8.59. The molecule has 0 saturated heterocycles. The van der Waals surface area contributed by atoms with Crippen molar-refractivity contribution in [3.8, 4) is 11.8 Å². The average Bonchev–Trinajstić information content (AvgIpc) is 2.45. The number of hydrogen-bond acceptors (Lipinski definition) is 5. The molecule has 0 amide bonds. The summed E-state index contributed by atoms with van der Waals surface area (Å²) in [4.78, 5) is 3.79. The standard InChI is InChI=1S/C12H16N2O4S2/c1-2-19(16)7-5-14-20(17,18)12-8-11(4-3-6-15)9-13-10-12/h8-10,14-15H,2,5-7H2,1H3. The SMILES string of the molecule is CCS(=O)CCNS(=O)(=O)c1cncc(C#CCO)c1. The summed E-state index contributed by atoms with van der Waals surface area (Å²) in [5.74, 6) is 5.77. The van der Waals surface area contributed by atoms with Crippen LogP contribution in [-0.2, 0) is 20.8 Å². The average molecular weight is 316 g/mol. The molecule has 8 heteroatoms. The number of pyridine rings is 1. The fourth-order valence-corrected chi connectivity index (χ4v) is 3.06. The van der Waals surface area contributed by atoms with Crippen molar-refractivity contribution >= 4 is 20.8 Å². The van der Waals surface area contributed by atoms with E-state index in [0.717, 1.165) is 0 Å². The van der Waals surface area contributed by atoms with Crippen LogP contribution in [0.5, 0.6) is 0 Å². The lowest BCUT2D eigenvalue weighted by atomic mass is 10.3. The molecule has 2 N–H and O–H groups in total. The van der Waals surface area contributed by atoms with E-state index >= 15 is 0 Å². The van der Waals surface area contributed by atoms with E-state index in [0.29, 0.717) is 11.3 Å². The molecule has 0 saturated carbocycles. The highest BCUT2D eigenvalue weighted by molar-refractivity contribution is 7.89. The maximum absolute atomic E-state index is 12.0. The van der Waals surface area contributed by atoms with Crippen LogP contribution in [0.15, 0.2) is 23.4 Å². The van der Waals surface area contributed by atoms with Crippen molar-refractivity contribution in [1.29, 1.82) is 0 Å².